The van der Waals surface area contributed by atoms with Crippen LogP contribution in [-0.4, -0.2) is 42.8 Å². The highest BCUT2D eigenvalue weighted by Crippen LogP contribution is 2.18. The summed E-state index contributed by atoms with van der Waals surface area (Å²) in [6.45, 7) is 2.77. The molecule has 2 aromatic rings. The van der Waals surface area contributed by atoms with E-state index in [1.807, 2.05) is 0 Å². The Morgan fingerprint density at radius 2 is 2.15 bits per heavy atom. The van der Waals surface area contributed by atoms with Crippen molar-refractivity contribution in [3.8, 4) is 5.75 Å². The van der Waals surface area contributed by atoms with Gasteiger partial charge in [-0.2, -0.15) is 5.10 Å². The predicted octanol–water partition coefficient (Wildman–Crippen LogP) is 1.06. The Balaban J connectivity index is 1.50. The number of aromatic nitrogens is 3. The van der Waals surface area contributed by atoms with Crippen LogP contribution in [0.1, 0.15) is 25.1 Å². The monoisotopic (exact) mass is 379 g/mol. The first kappa shape index (κ1) is 18.8. The van der Waals surface area contributed by atoms with E-state index in [4.69, 9.17) is 4.74 Å². The Morgan fingerprint density at radius 1 is 1.35 bits per heavy atom. The van der Waals surface area contributed by atoms with Gasteiger partial charge in [0.1, 0.15) is 18.7 Å². The molecule has 2 N–H and O–H groups in total. The Bertz CT molecular complexity index is 798. The van der Waals surface area contributed by atoms with Crippen molar-refractivity contribution in [3.63, 3.8) is 0 Å². The quantitative estimate of drug-likeness (QED) is 0.712. The van der Waals surface area contributed by atoms with Crippen molar-refractivity contribution in [2.45, 2.75) is 30.8 Å². The molecule has 2 heterocycles. The van der Waals surface area contributed by atoms with E-state index in [2.05, 4.69) is 20.1 Å². The molecule has 26 heavy (non-hydrogen) atoms. The van der Waals surface area contributed by atoms with Crippen LogP contribution in [0.5, 0.6) is 5.75 Å². The second-order valence-corrected chi connectivity index (χ2v) is 8.23. The van der Waals surface area contributed by atoms with Gasteiger partial charge in [-0.15, -0.1) is 0 Å². The molecule has 1 aromatic heterocycles. The van der Waals surface area contributed by atoms with Gasteiger partial charge >= 0.3 is 0 Å². The first-order chi connectivity index (χ1) is 12.5. The van der Waals surface area contributed by atoms with Crippen LogP contribution in [0.3, 0.4) is 0 Å². The Hall–Kier alpha value is -1.97. The van der Waals surface area contributed by atoms with Gasteiger partial charge in [-0.3, -0.25) is 4.68 Å². The third kappa shape index (κ3) is 5.03. The molecule has 1 atom stereocenters. The van der Waals surface area contributed by atoms with Crippen molar-refractivity contribution in [2.24, 2.45) is 13.0 Å². The highest BCUT2D eigenvalue weighted by Gasteiger charge is 2.17. The summed E-state index contributed by atoms with van der Waals surface area (Å²) in [4.78, 5) is 4.32. The van der Waals surface area contributed by atoms with Crippen LogP contribution in [-0.2, 0) is 23.7 Å². The maximum atomic E-state index is 12.4. The van der Waals surface area contributed by atoms with Crippen molar-refractivity contribution in [2.75, 3.05) is 19.6 Å². The summed E-state index contributed by atoms with van der Waals surface area (Å²) in [6, 6.07) is 6.40. The molecule has 1 unspecified atom stereocenters. The first-order valence-corrected chi connectivity index (χ1v) is 10.3. The van der Waals surface area contributed by atoms with E-state index in [0.29, 0.717) is 24.0 Å². The topological polar surface area (TPSA) is 98.1 Å². The lowest BCUT2D eigenvalue weighted by atomic mass is 9.96. The molecule has 0 bridgehead atoms. The SMILES string of the molecule is Cn1ncnc1COc1ccc(S(=O)(=O)NCCC2CCCNC2)cc1. The summed E-state index contributed by atoms with van der Waals surface area (Å²) in [5.74, 6) is 1.82. The van der Waals surface area contributed by atoms with Gasteiger partial charge in [0.05, 0.1) is 4.90 Å². The fraction of sp³-hybridized carbons (Fsp3) is 0.529. The van der Waals surface area contributed by atoms with Crippen molar-refractivity contribution in [1.82, 2.24) is 24.8 Å². The molecule has 9 heteroatoms. The van der Waals surface area contributed by atoms with Crippen molar-refractivity contribution in [3.05, 3.63) is 36.4 Å². The Kier molecular flexibility index (Phi) is 6.23. The minimum atomic E-state index is -3.50. The number of ether oxygens (including phenoxy) is 1. The minimum Gasteiger partial charge on any atom is -0.486 e. The van der Waals surface area contributed by atoms with Crippen LogP contribution < -0.4 is 14.8 Å². The fourth-order valence-electron chi connectivity index (χ4n) is 2.96. The molecular formula is C17H25N5O3S. The van der Waals surface area contributed by atoms with Gasteiger partial charge in [-0.1, -0.05) is 0 Å². The van der Waals surface area contributed by atoms with E-state index in [-0.39, 0.29) is 11.5 Å². The van der Waals surface area contributed by atoms with Gasteiger partial charge in [0.2, 0.25) is 10.0 Å². The third-order valence-electron chi connectivity index (χ3n) is 4.55. The van der Waals surface area contributed by atoms with Crippen molar-refractivity contribution >= 4 is 10.0 Å². The summed E-state index contributed by atoms with van der Waals surface area (Å²) in [7, 11) is -1.71. The normalized spacial score (nSPS) is 18.0. The predicted molar refractivity (Wildman–Crippen MR) is 97.2 cm³/mol. The van der Waals surface area contributed by atoms with E-state index >= 15 is 0 Å². The summed E-state index contributed by atoms with van der Waals surface area (Å²) in [5.41, 5.74) is 0. The molecule has 1 saturated heterocycles. The van der Waals surface area contributed by atoms with Crippen LogP contribution in [0.4, 0.5) is 0 Å². The molecule has 0 saturated carbocycles. The van der Waals surface area contributed by atoms with E-state index < -0.39 is 10.0 Å². The van der Waals surface area contributed by atoms with E-state index in [1.54, 1.807) is 36.0 Å². The number of nitrogens with one attached hydrogen (secondary N) is 2. The fourth-order valence-corrected chi connectivity index (χ4v) is 4.01. The average Bonchev–Trinajstić information content (AvgIpc) is 3.06. The number of sulfonamides is 1. The lowest BCUT2D eigenvalue weighted by Gasteiger charge is -2.22. The summed E-state index contributed by atoms with van der Waals surface area (Å²) >= 11 is 0. The first-order valence-electron chi connectivity index (χ1n) is 8.81. The van der Waals surface area contributed by atoms with Gasteiger partial charge in [-0.05, 0) is 62.5 Å². The summed E-state index contributed by atoms with van der Waals surface area (Å²) < 4.78 is 34.7. The molecule has 1 aliphatic rings. The third-order valence-corrected chi connectivity index (χ3v) is 6.03. The van der Waals surface area contributed by atoms with Gasteiger partial charge in [0.25, 0.3) is 0 Å². The van der Waals surface area contributed by atoms with Crippen LogP contribution >= 0.6 is 0 Å². The van der Waals surface area contributed by atoms with Gasteiger partial charge in [-0.25, -0.2) is 18.1 Å². The smallest absolute Gasteiger partial charge is 0.240 e. The molecular weight excluding hydrogens is 354 g/mol. The number of benzene rings is 1. The number of rotatable bonds is 8. The zero-order valence-corrected chi connectivity index (χ0v) is 15.7. The average molecular weight is 379 g/mol. The number of hydrogen-bond donors (Lipinski definition) is 2. The van der Waals surface area contributed by atoms with Crippen LogP contribution in [0.15, 0.2) is 35.5 Å². The van der Waals surface area contributed by atoms with E-state index in [1.165, 1.54) is 6.33 Å². The number of hydrogen-bond acceptors (Lipinski definition) is 6. The van der Waals surface area contributed by atoms with Gasteiger partial charge < -0.3 is 10.1 Å². The highest BCUT2D eigenvalue weighted by atomic mass is 32.2. The lowest BCUT2D eigenvalue weighted by molar-refractivity contribution is 0.289. The van der Waals surface area contributed by atoms with Crippen LogP contribution in [0, 0.1) is 5.92 Å². The second kappa shape index (κ2) is 8.61. The zero-order valence-electron chi connectivity index (χ0n) is 14.9. The molecule has 0 radical (unpaired) electrons. The number of piperidine rings is 1. The molecule has 0 amide bonds. The molecule has 1 aliphatic heterocycles. The van der Waals surface area contributed by atoms with Crippen LogP contribution in [0.25, 0.3) is 0 Å². The van der Waals surface area contributed by atoms with E-state index in [9.17, 15) is 8.42 Å². The van der Waals surface area contributed by atoms with Gasteiger partial charge in [0, 0.05) is 13.6 Å². The summed E-state index contributed by atoms with van der Waals surface area (Å²) in [6.07, 6.45) is 4.63. The molecule has 3 rings (SSSR count). The number of aryl methyl sites for hydroxylation is 1. The molecule has 1 aromatic carbocycles. The number of nitrogens with zero attached hydrogens (tertiary/aromatic N) is 3. The molecule has 0 aliphatic carbocycles. The molecule has 1 fully saturated rings. The largest absolute Gasteiger partial charge is 0.486 e. The Morgan fingerprint density at radius 3 is 2.81 bits per heavy atom. The lowest BCUT2D eigenvalue weighted by Crippen LogP contribution is -2.33. The van der Waals surface area contributed by atoms with Crippen LogP contribution in [0.2, 0.25) is 0 Å². The maximum Gasteiger partial charge on any atom is 0.240 e. The zero-order chi connectivity index (χ0) is 18.4. The second-order valence-electron chi connectivity index (χ2n) is 6.46. The van der Waals surface area contributed by atoms with E-state index in [0.717, 1.165) is 32.4 Å². The highest BCUT2D eigenvalue weighted by molar-refractivity contribution is 7.89. The standard InChI is InChI=1S/C17H25N5O3S/c1-22-17(19-13-20-22)12-25-15-4-6-16(7-5-15)26(23,24)21-10-8-14-3-2-9-18-11-14/h4-7,13-14,18,21H,2-3,8-12H2,1H3. The Labute approximate surface area is 154 Å². The maximum absolute atomic E-state index is 12.4. The van der Waals surface area contributed by atoms with Crippen molar-refractivity contribution in [1.29, 1.82) is 0 Å². The molecule has 142 valence electrons. The molecule has 0 spiro atoms. The van der Waals surface area contributed by atoms with Crippen molar-refractivity contribution < 1.29 is 13.2 Å². The molecule has 8 nitrogen and oxygen atoms in total. The van der Waals surface area contributed by atoms with Gasteiger partial charge in [0.15, 0.2) is 5.82 Å². The summed E-state index contributed by atoms with van der Waals surface area (Å²) in [5, 5.41) is 7.32. The minimum absolute atomic E-state index is 0.241.